The van der Waals surface area contributed by atoms with E-state index in [1.54, 1.807) is 0 Å². The van der Waals surface area contributed by atoms with E-state index in [-0.39, 0.29) is 12.4 Å². The molecule has 0 aromatic heterocycles. The Balaban J connectivity index is 2.54. The number of hydrogen-bond donors (Lipinski definition) is 0. The number of ether oxygens (including phenoxy) is 1. The number of benzene rings is 1. The van der Waals surface area contributed by atoms with E-state index in [2.05, 4.69) is 26.0 Å². The number of carbonyl (C=O) groups excluding carboxylic acids is 1. The Labute approximate surface area is 97.6 Å². The molecule has 0 spiro atoms. The molecule has 0 saturated heterocycles. The van der Waals surface area contributed by atoms with Crippen LogP contribution in [0.3, 0.4) is 0 Å². The minimum Gasteiger partial charge on any atom is -0.486 e. The summed E-state index contributed by atoms with van der Waals surface area (Å²) in [6, 6.07) is 8.01. The predicted octanol–water partition coefficient (Wildman–Crippen LogP) is 3.56. The van der Waals surface area contributed by atoms with Gasteiger partial charge in [0, 0.05) is 6.42 Å². The highest BCUT2D eigenvalue weighted by atomic mass is 16.5. The van der Waals surface area contributed by atoms with Gasteiger partial charge >= 0.3 is 0 Å². The van der Waals surface area contributed by atoms with Crippen LogP contribution in [0.1, 0.15) is 45.1 Å². The van der Waals surface area contributed by atoms with E-state index < -0.39 is 0 Å². The molecular formula is C14H20O2. The fourth-order valence-electron chi connectivity index (χ4n) is 1.39. The number of carbonyl (C=O) groups is 1. The topological polar surface area (TPSA) is 26.3 Å². The first-order valence-electron chi connectivity index (χ1n) is 5.91. The quantitative estimate of drug-likeness (QED) is 0.732. The van der Waals surface area contributed by atoms with E-state index in [1.807, 2.05) is 19.1 Å². The molecule has 0 fully saturated rings. The van der Waals surface area contributed by atoms with Gasteiger partial charge in [0.2, 0.25) is 0 Å². The average molecular weight is 220 g/mol. The smallest absolute Gasteiger partial charge is 0.169 e. The summed E-state index contributed by atoms with van der Waals surface area (Å²) in [5, 5.41) is 0. The molecule has 0 radical (unpaired) electrons. The zero-order valence-electron chi connectivity index (χ0n) is 10.3. The molecular weight excluding hydrogens is 200 g/mol. The van der Waals surface area contributed by atoms with Gasteiger partial charge in [0.1, 0.15) is 12.4 Å². The highest BCUT2D eigenvalue weighted by molar-refractivity contribution is 5.79. The Bertz CT molecular complexity index is 327. The summed E-state index contributed by atoms with van der Waals surface area (Å²) < 4.78 is 5.38. The van der Waals surface area contributed by atoms with Crippen LogP contribution in [0.5, 0.6) is 5.75 Å². The lowest BCUT2D eigenvalue weighted by Gasteiger charge is -2.10. The van der Waals surface area contributed by atoms with Gasteiger partial charge in [-0.1, -0.05) is 32.9 Å². The maximum Gasteiger partial charge on any atom is 0.169 e. The second kappa shape index (κ2) is 6.31. The van der Waals surface area contributed by atoms with Crippen molar-refractivity contribution >= 4 is 5.78 Å². The molecule has 1 rings (SSSR count). The monoisotopic (exact) mass is 220 g/mol. The maximum absolute atomic E-state index is 11.1. The van der Waals surface area contributed by atoms with Crippen LogP contribution in [0, 0.1) is 0 Å². The summed E-state index contributed by atoms with van der Waals surface area (Å²) in [4.78, 5) is 11.1. The molecule has 0 aliphatic carbocycles. The molecule has 0 amide bonds. The molecule has 0 aliphatic heterocycles. The molecule has 2 heteroatoms. The summed E-state index contributed by atoms with van der Waals surface area (Å²) >= 11 is 0. The number of rotatable bonds is 6. The van der Waals surface area contributed by atoms with Gasteiger partial charge in [-0.05, 0) is 30.0 Å². The maximum atomic E-state index is 11.1. The van der Waals surface area contributed by atoms with Crippen LogP contribution >= 0.6 is 0 Å². The molecule has 0 heterocycles. The molecule has 2 nitrogen and oxygen atoms in total. The third kappa shape index (κ3) is 3.69. The number of ketones is 1. The molecule has 0 bridgehead atoms. The molecule has 0 aliphatic rings. The van der Waals surface area contributed by atoms with Crippen molar-refractivity contribution in [3.05, 3.63) is 29.8 Å². The Hall–Kier alpha value is -1.31. The van der Waals surface area contributed by atoms with Gasteiger partial charge in [-0.25, -0.2) is 0 Å². The predicted molar refractivity (Wildman–Crippen MR) is 65.9 cm³/mol. The lowest BCUT2D eigenvalue weighted by molar-refractivity contribution is -0.120. The van der Waals surface area contributed by atoms with Crippen molar-refractivity contribution in [3.63, 3.8) is 0 Å². The first kappa shape index (κ1) is 12.8. The SMILES string of the molecule is CCC(=O)COc1ccc(C(C)CC)cc1. The Morgan fingerprint density at radius 3 is 2.38 bits per heavy atom. The van der Waals surface area contributed by atoms with E-state index in [4.69, 9.17) is 4.74 Å². The van der Waals surface area contributed by atoms with Crippen molar-refractivity contribution in [2.24, 2.45) is 0 Å². The molecule has 16 heavy (non-hydrogen) atoms. The summed E-state index contributed by atoms with van der Waals surface area (Å²) in [6.07, 6.45) is 1.67. The first-order chi connectivity index (χ1) is 7.67. The van der Waals surface area contributed by atoms with Crippen molar-refractivity contribution in [3.8, 4) is 5.75 Å². The lowest BCUT2D eigenvalue weighted by Crippen LogP contribution is -2.09. The van der Waals surface area contributed by atoms with E-state index in [0.29, 0.717) is 12.3 Å². The molecule has 1 unspecified atom stereocenters. The van der Waals surface area contributed by atoms with Crippen molar-refractivity contribution < 1.29 is 9.53 Å². The number of Topliss-reactive ketones (excluding diaryl/α,β-unsaturated/α-hetero) is 1. The zero-order valence-corrected chi connectivity index (χ0v) is 10.3. The third-order valence-corrected chi connectivity index (χ3v) is 2.86. The lowest BCUT2D eigenvalue weighted by atomic mass is 9.99. The molecule has 1 aromatic carbocycles. The standard InChI is InChI=1S/C14H20O2/c1-4-11(3)12-6-8-14(9-7-12)16-10-13(15)5-2/h6-9,11H,4-5,10H2,1-3H3. The van der Waals surface area contributed by atoms with Crippen LogP contribution < -0.4 is 4.74 Å². The van der Waals surface area contributed by atoms with Crippen LogP contribution in [0.2, 0.25) is 0 Å². The largest absolute Gasteiger partial charge is 0.486 e. The first-order valence-corrected chi connectivity index (χ1v) is 5.91. The minimum absolute atomic E-state index is 0.131. The van der Waals surface area contributed by atoms with Crippen molar-refractivity contribution in [2.75, 3.05) is 6.61 Å². The van der Waals surface area contributed by atoms with Gasteiger partial charge in [-0.15, -0.1) is 0 Å². The van der Waals surface area contributed by atoms with E-state index in [9.17, 15) is 4.79 Å². The minimum atomic E-state index is 0.131. The zero-order chi connectivity index (χ0) is 12.0. The second-order valence-electron chi connectivity index (χ2n) is 4.06. The highest BCUT2D eigenvalue weighted by Crippen LogP contribution is 2.21. The van der Waals surface area contributed by atoms with Crippen molar-refractivity contribution in [2.45, 2.75) is 39.5 Å². The summed E-state index contributed by atoms with van der Waals surface area (Å²) in [6.45, 7) is 6.41. The highest BCUT2D eigenvalue weighted by Gasteiger charge is 2.03. The summed E-state index contributed by atoms with van der Waals surface area (Å²) in [5.74, 6) is 1.48. The normalized spacial score (nSPS) is 12.2. The molecule has 0 saturated carbocycles. The van der Waals surface area contributed by atoms with Crippen LogP contribution in [-0.2, 0) is 4.79 Å². The number of hydrogen-bond acceptors (Lipinski definition) is 2. The molecule has 88 valence electrons. The Morgan fingerprint density at radius 2 is 1.88 bits per heavy atom. The third-order valence-electron chi connectivity index (χ3n) is 2.86. The molecule has 0 N–H and O–H groups in total. The Kier molecular flexibility index (Phi) is 5.03. The van der Waals surface area contributed by atoms with Crippen LogP contribution in [0.15, 0.2) is 24.3 Å². The van der Waals surface area contributed by atoms with Gasteiger partial charge in [0.15, 0.2) is 5.78 Å². The molecule has 1 aromatic rings. The summed E-state index contributed by atoms with van der Waals surface area (Å²) in [5.41, 5.74) is 1.32. The van der Waals surface area contributed by atoms with Crippen LogP contribution in [-0.4, -0.2) is 12.4 Å². The van der Waals surface area contributed by atoms with Gasteiger partial charge in [0.25, 0.3) is 0 Å². The summed E-state index contributed by atoms with van der Waals surface area (Å²) in [7, 11) is 0. The van der Waals surface area contributed by atoms with Crippen molar-refractivity contribution in [1.82, 2.24) is 0 Å². The molecule has 1 atom stereocenters. The van der Waals surface area contributed by atoms with E-state index >= 15 is 0 Å². The van der Waals surface area contributed by atoms with Gasteiger partial charge in [0.05, 0.1) is 0 Å². The van der Waals surface area contributed by atoms with Crippen molar-refractivity contribution in [1.29, 1.82) is 0 Å². The van der Waals surface area contributed by atoms with Gasteiger partial charge in [-0.2, -0.15) is 0 Å². The fourth-order valence-corrected chi connectivity index (χ4v) is 1.39. The van der Waals surface area contributed by atoms with E-state index in [1.165, 1.54) is 5.56 Å². The second-order valence-corrected chi connectivity index (χ2v) is 4.06. The van der Waals surface area contributed by atoms with Gasteiger partial charge < -0.3 is 4.74 Å². The van der Waals surface area contributed by atoms with Crippen LogP contribution in [0.25, 0.3) is 0 Å². The average Bonchev–Trinajstić information content (AvgIpc) is 2.35. The fraction of sp³-hybridized carbons (Fsp3) is 0.500. The Morgan fingerprint density at radius 1 is 1.25 bits per heavy atom. The van der Waals surface area contributed by atoms with Crippen LogP contribution in [0.4, 0.5) is 0 Å². The van der Waals surface area contributed by atoms with Gasteiger partial charge in [-0.3, -0.25) is 4.79 Å². The van der Waals surface area contributed by atoms with E-state index in [0.717, 1.165) is 12.2 Å².